The Kier molecular flexibility index (Phi) is 2.76. The van der Waals surface area contributed by atoms with Gasteiger partial charge in [0, 0.05) is 18.9 Å². The Morgan fingerprint density at radius 1 is 1.44 bits per heavy atom. The molecule has 2 aromatic heterocycles. The molecule has 16 heavy (non-hydrogen) atoms. The van der Waals surface area contributed by atoms with Gasteiger partial charge in [0.2, 0.25) is 5.88 Å². The fourth-order valence-corrected chi connectivity index (χ4v) is 1.50. The minimum absolute atomic E-state index is 0.0981. The van der Waals surface area contributed by atoms with Crippen LogP contribution in [-0.2, 0) is 13.0 Å². The van der Waals surface area contributed by atoms with Crippen LogP contribution < -0.4 is 5.76 Å². The van der Waals surface area contributed by atoms with Gasteiger partial charge in [0.1, 0.15) is 0 Å². The van der Waals surface area contributed by atoms with Crippen LogP contribution in [0.4, 0.5) is 0 Å². The van der Waals surface area contributed by atoms with Gasteiger partial charge in [0.25, 0.3) is 0 Å². The third-order valence-corrected chi connectivity index (χ3v) is 2.40. The zero-order valence-corrected chi connectivity index (χ0v) is 8.88. The normalized spacial score (nSPS) is 10.6. The first-order chi connectivity index (χ1) is 7.68. The second-order valence-electron chi connectivity index (χ2n) is 3.50. The van der Waals surface area contributed by atoms with E-state index in [1.165, 1.54) is 4.57 Å². The van der Waals surface area contributed by atoms with Crippen LogP contribution in [-0.4, -0.2) is 14.7 Å². The minimum atomic E-state index is -0.524. The van der Waals surface area contributed by atoms with Crippen LogP contribution in [0.2, 0.25) is 0 Å². The summed E-state index contributed by atoms with van der Waals surface area (Å²) in [5, 5.41) is 9.55. The highest BCUT2D eigenvalue weighted by molar-refractivity contribution is 5.14. The van der Waals surface area contributed by atoms with Crippen molar-refractivity contribution in [2.75, 3.05) is 0 Å². The second kappa shape index (κ2) is 4.22. The fraction of sp³-hybridized carbons (Fsp3) is 0.273. The molecular formula is C11H12N2O3. The molecule has 0 aliphatic carbocycles. The van der Waals surface area contributed by atoms with Crippen LogP contribution in [0.1, 0.15) is 11.3 Å². The first kappa shape index (κ1) is 10.5. The Morgan fingerprint density at radius 3 is 2.69 bits per heavy atom. The largest absolute Gasteiger partial charge is 0.492 e. The molecule has 0 aliphatic heterocycles. The number of rotatable bonds is 3. The Bertz CT molecular complexity index is 528. The number of aromatic nitrogens is 2. The van der Waals surface area contributed by atoms with Gasteiger partial charge in [-0.2, -0.15) is 0 Å². The lowest BCUT2D eigenvalue weighted by Crippen LogP contribution is -2.15. The van der Waals surface area contributed by atoms with Crippen molar-refractivity contribution in [1.29, 1.82) is 0 Å². The summed E-state index contributed by atoms with van der Waals surface area (Å²) in [6, 6.07) is 3.74. The van der Waals surface area contributed by atoms with E-state index >= 15 is 0 Å². The number of pyridine rings is 1. The molecule has 0 fully saturated rings. The lowest BCUT2D eigenvalue weighted by atomic mass is 10.2. The van der Waals surface area contributed by atoms with Crippen molar-refractivity contribution in [3.63, 3.8) is 0 Å². The van der Waals surface area contributed by atoms with Gasteiger partial charge in [-0.3, -0.25) is 4.98 Å². The second-order valence-corrected chi connectivity index (χ2v) is 3.50. The van der Waals surface area contributed by atoms with E-state index in [-0.39, 0.29) is 11.6 Å². The summed E-state index contributed by atoms with van der Waals surface area (Å²) >= 11 is 0. The molecular weight excluding hydrogens is 208 g/mol. The maximum Gasteiger partial charge on any atom is 0.422 e. The molecule has 0 saturated heterocycles. The molecule has 0 aliphatic rings. The van der Waals surface area contributed by atoms with E-state index in [2.05, 4.69) is 4.98 Å². The Labute approximate surface area is 92.0 Å². The number of aromatic hydroxyl groups is 1. The van der Waals surface area contributed by atoms with Crippen LogP contribution in [0.15, 0.2) is 33.7 Å². The van der Waals surface area contributed by atoms with E-state index in [4.69, 9.17) is 4.42 Å². The summed E-state index contributed by atoms with van der Waals surface area (Å²) in [7, 11) is 0. The van der Waals surface area contributed by atoms with Crippen LogP contribution in [0, 0.1) is 6.92 Å². The van der Waals surface area contributed by atoms with Gasteiger partial charge in [-0.05, 0) is 31.0 Å². The summed E-state index contributed by atoms with van der Waals surface area (Å²) in [6.07, 6.45) is 4.03. The molecule has 0 atom stereocenters. The summed E-state index contributed by atoms with van der Waals surface area (Å²) in [4.78, 5) is 15.2. The zero-order valence-electron chi connectivity index (χ0n) is 8.88. The summed E-state index contributed by atoms with van der Waals surface area (Å²) in [5.74, 6) is -0.372. The average Bonchev–Trinajstić information content (AvgIpc) is 2.53. The molecule has 2 aromatic rings. The SMILES string of the molecule is Cc1oc(=O)n(CCc2ccncc2)c1O. The number of oxazole rings is 1. The van der Waals surface area contributed by atoms with E-state index < -0.39 is 5.76 Å². The maximum atomic E-state index is 11.3. The molecule has 0 saturated carbocycles. The van der Waals surface area contributed by atoms with Gasteiger partial charge in [0.05, 0.1) is 0 Å². The summed E-state index contributed by atoms with van der Waals surface area (Å²) in [6.45, 7) is 1.95. The molecule has 5 heteroatoms. The number of nitrogens with zero attached hydrogens (tertiary/aromatic N) is 2. The van der Waals surface area contributed by atoms with Crippen LogP contribution in [0.5, 0.6) is 5.88 Å². The topological polar surface area (TPSA) is 68.3 Å². The van der Waals surface area contributed by atoms with Crippen LogP contribution in [0.3, 0.4) is 0 Å². The number of hydrogen-bond acceptors (Lipinski definition) is 4. The van der Waals surface area contributed by atoms with Gasteiger partial charge < -0.3 is 9.52 Å². The van der Waals surface area contributed by atoms with Crippen molar-refractivity contribution in [3.05, 3.63) is 46.4 Å². The highest BCUT2D eigenvalue weighted by atomic mass is 16.4. The fourth-order valence-electron chi connectivity index (χ4n) is 1.50. The predicted octanol–water partition coefficient (Wildman–Crippen LogP) is 1.09. The van der Waals surface area contributed by atoms with Crippen LogP contribution >= 0.6 is 0 Å². The third kappa shape index (κ3) is 1.98. The number of hydrogen-bond donors (Lipinski definition) is 1. The van der Waals surface area contributed by atoms with E-state index in [0.29, 0.717) is 13.0 Å². The molecule has 0 radical (unpaired) electrons. The molecule has 0 bridgehead atoms. The molecule has 0 unspecified atom stereocenters. The lowest BCUT2D eigenvalue weighted by Gasteiger charge is -2.01. The van der Waals surface area contributed by atoms with Crippen molar-refractivity contribution in [1.82, 2.24) is 9.55 Å². The first-order valence-electron chi connectivity index (χ1n) is 4.96. The van der Waals surface area contributed by atoms with Gasteiger partial charge >= 0.3 is 5.76 Å². The monoisotopic (exact) mass is 220 g/mol. The van der Waals surface area contributed by atoms with E-state index in [1.807, 2.05) is 12.1 Å². The van der Waals surface area contributed by atoms with E-state index in [9.17, 15) is 9.90 Å². The maximum absolute atomic E-state index is 11.3. The lowest BCUT2D eigenvalue weighted by molar-refractivity contribution is 0.410. The molecule has 84 valence electrons. The molecule has 5 nitrogen and oxygen atoms in total. The summed E-state index contributed by atoms with van der Waals surface area (Å²) < 4.78 is 6.00. The molecule has 1 N–H and O–H groups in total. The Morgan fingerprint density at radius 2 is 2.12 bits per heavy atom. The van der Waals surface area contributed by atoms with Crippen molar-refractivity contribution in [2.24, 2.45) is 0 Å². The molecule has 2 heterocycles. The standard InChI is InChI=1S/C11H12N2O3/c1-8-10(14)13(11(15)16-8)7-4-9-2-5-12-6-3-9/h2-3,5-6,14H,4,7H2,1H3. The number of aryl methyl sites for hydroxylation is 2. The van der Waals surface area contributed by atoms with Crippen molar-refractivity contribution in [2.45, 2.75) is 19.9 Å². The smallest absolute Gasteiger partial charge is 0.422 e. The predicted molar refractivity (Wildman–Crippen MR) is 57.3 cm³/mol. The van der Waals surface area contributed by atoms with Crippen LogP contribution in [0.25, 0.3) is 0 Å². The van der Waals surface area contributed by atoms with E-state index in [1.54, 1.807) is 19.3 Å². The van der Waals surface area contributed by atoms with Gasteiger partial charge in [-0.25, -0.2) is 9.36 Å². The zero-order chi connectivity index (χ0) is 11.5. The van der Waals surface area contributed by atoms with Gasteiger partial charge in [0.15, 0.2) is 5.76 Å². The van der Waals surface area contributed by atoms with Gasteiger partial charge in [-0.15, -0.1) is 0 Å². The third-order valence-electron chi connectivity index (χ3n) is 2.40. The van der Waals surface area contributed by atoms with Crippen molar-refractivity contribution < 1.29 is 9.52 Å². The average molecular weight is 220 g/mol. The Hall–Kier alpha value is -2.04. The van der Waals surface area contributed by atoms with Crippen molar-refractivity contribution >= 4 is 0 Å². The highest BCUT2D eigenvalue weighted by Gasteiger charge is 2.11. The van der Waals surface area contributed by atoms with Crippen molar-refractivity contribution in [3.8, 4) is 5.88 Å². The van der Waals surface area contributed by atoms with E-state index in [0.717, 1.165) is 5.56 Å². The molecule has 0 spiro atoms. The molecule has 0 aromatic carbocycles. The molecule has 0 amide bonds. The quantitative estimate of drug-likeness (QED) is 0.840. The summed E-state index contributed by atoms with van der Waals surface area (Å²) in [5.41, 5.74) is 1.06. The minimum Gasteiger partial charge on any atom is -0.492 e. The first-order valence-corrected chi connectivity index (χ1v) is 4.96. The highest BCUT2D eigenvalue weighted by Crippen LogP contribution is 2.13. The Balaban J connectivity index is 2.14. The van der Waals surface area contributed by atoms with Gasteiger partial charge in [-0.1, -0.05) is 0 Å². The molecule has 2 rings (SSSR count).